The van der Waals surface area contributed by atoms with Gasteiger partial charge in [0.25, 0.3) is 0 Å². The Bertz CT molecular complexity index is 266. The minimum absolute atomic E-state index is 0.508. The maximum atomic E-state index is 12.4. The molecule has 1 unspecified atom stereocenters. The van der Waals surface area contributed by atoms with Crippen LogP contribution >= 0.6 is 15.9 Å². The van der Waals surface area contributed by atoms with E-state index in [1.807, 2.05) is 12.1 Å². The van der Waals surface area contributed by atoms with E-state index in [1.165, 1.54) is 0 Å². The van der Waals surface area contributed by atoms with Crippen LogP contribution in [-0.2, 0) is 0 Å². The molecule has 0 aromatic carbocycles. The molecule has 0 bridgehead atoms. The Labute approximate surface area is 85.7 Å². The van der Waals surface area contributed by atoms with Crippen LogP contribution in [0.2, 0.25) is 0 Å². The first-order chi connectivity index (χ1) is 6.18. The highest BCUT2D eigenvalue weighted by atomic mass is 79.9. The summed E-state index contributed by atoms with van der Waals surface area (Å²) < 4.78 is 13.4. The molecule has 0 radical (unpaired) electrons. The average molecular weight is 247 g/mol. The van der Waals surface area contributed by atoms with Gasteiger partial charge >= 0.3 is 0 Å². The molecule has 0 fully saturated rings. The van der Waals surface area contributed by atoms with Crippen LogP contribution in [0, 0.1) is 0 Å². The molecule has 1 heterocycles. The molecular weight excluding hydrogens is 235 g/mol. The van der Waals surface area contributed by atoms with Crippen LogP contribution in [0.3, 0.4) is 0 Å². The van der Waals surface area contributed by atoms with Crippen molar-refractivity contribution in [1.82, 2.24) is 4.98 Å². The fourth-order valence-electron chi connectivity index (χ4n) is 0.901. The SMILES string of the molecule is CC(F)CCNc1cc(Br)ccn1. The molecule has 0 aliphatic carbocycles. The molecule has 1 aromatic rings. The maximum Gasteiger partial charge on any atom is 0.127 e. The van der Waals surface area contributed by atoms with Gasteiger partial charge in [-0.2, -0.15) is 0 Å². The van der Waals surface area contributed by atoms with Crippen LogP contribution in [0.15, 0.2) is 22.8 Å². The molecule has 1 aromatic heterocycles. The Morgan fingerprint density at radius 1 is 1.69 bits per heavy atom. The lowest BCUT2D eigenvalue weighted by Crippen LogP contribution is -2.07. The minimum atomic E-state index is -0.764. The van der Waals surface area contributed by atoms with E-state index in [9.17, 15) is 4.39 Å². The number of pyridine rings is 1. The minimum Gasteiger partial charge on any atom is -0.370 e. The maximum absolute atomic E-state index is 12.4. The number of anilines is 1. The number of nitrogens with one attached hydrogen (secondary N) is 1. The lowest BCUT2D eigenvalue weighted by molar-refractivity contribution is 0.348. The summed E-state index contributed by atoms with van der Waals surface area (Å²) in [7, 11) is 0. The molecule has 0 spiro atoms. The van der Waals surface area contributed by atoms with Gasteiger partial charge in [-0.3, -0.25) is 0 Å². The van der Waals surface area contributed by atoms with Crippen LogP contribution in [0.25, 0.3) is 0 Å². The number of halogens is 2. The number of hydrogen-bond acceptors (Lipinski definition) is 2. The monoisotopic (exact) mass is 246 g/mol. The first-order valence-electron chi connectivity index (χ1n) is 4.18. The summed E-state index contributed by atoms with van der Waals surface area (Å²) in [6.45, 7) is 2.16. The van der Waals surface area contributed by atoms with Crippen molar-refractivity contribution in [3.05, 3.63) is 22.8 Å². The smallest absolute Gasteiger partial charge is 0.127 e. The van der Waals surface area contributed by atoms with Gasteiger partial charge in [-0.15, -0.1) is 0 Å². The number of aromatic nitrogens is 1. The zero-order valence-corrected chi connectivity index (χ0v) is 9.01. The van der Waals surface area contributed by atoms with Crippen molar-refractivity contribution in [1.29, 1.82) is 0 Å². The van der Waals surface area contributed by atoms with Gasteiger partial charge in [-0.1, -0.05) is 15.9 Å². The van der Waals surface area contributed by atoms with Gasteiger partial charge in [-0.05, 0) is 25.5 Å². The molecule has 0 saturated heterocycles. The van der Waals surface area contributed by atoms with Crippen molar-refractivity contribution in [2.75, 3.05) is 11.9 Å². The first-order valence-corrected chi connectivity index (χ1v) is 4.97. The zero-order chi connectivity index (χ0) is 9.68. The standard InChI is InChI=1S/C9H12BrFN2/c1-7(11)2-4-12-9-6-8(10)3-5-13-9/h3,5-7H,2,4H2,1H3,(H,12,13). The molecule has 2 nitrogen and oxygen atoms in total. The molecule has 1 rings (SSSR count). The van der Waals surface area contributed by atoms with Gasteiger partial charge in [0.1, 0.15) is 5.82 Å². The van der Waals surface area contributed by atoms with Crippen LogP contribution in [0.1, 0.15) is 13.3 Å². The van der Waals surface area contributed by atoms with Crippen molar-refractivity contribution in [3.63, 3.8) is 0 Å². The van der Waals surface area contributed by atoms with E-state index < -0.39 is 6.17 Å². The Kier molecular flexibility index (Phi) is 4.15. The predicted molar refractivity (Wildman–Crippen MR) is 55.6 cm³/mol. The third-order valence-corrected chi connectivity index (χ3v) is 2.06. The van der Waals surface area contributed by atoms with Crippen molar-refractivity contribution in [2.24, 2.45) is 0 Å². The van der Waals surface area contributed by atoms with Crippen LogP contribution in [0.4, 0.5) is 10.2 Å². The summed E-state index contributed by atoms with van der Waals surface area (Å²) >= 11 is 3.33. The summed E-state index contributed by atoms with van der Waals surface area (Å²) in [6.07, 6.45) is 1.44. The van der Waals surface area contributed by atoms with E-state index >= 15 is 0 Å². The van der Waals surface area contributed by atoms with Gasteiger partial charge in [0.2, 0.25) is 0 Å². The second-order valence-corrected chi connectivity index (χ2v) is 3.77. The van der Waals surface area contributed by atoms with Crippen molar-refractivity contribution in [2.45, 2.75) is 19.5 Å². The highest BCUT2D eigenvalue weighted by Crippen LogP contribution is 2.12. The van der Waals surface area contributed by atoms with Gasteiger partial charge in [-0.25, -0.2) is 9.37 Å². The van der Waals surface area contributed by atoms with E-state index in [1.54, 1.807) is 13.1 Å². The highest BCUT2D eigenvalue weighted by molar-refractivity contribution is 9.10. The summed E-state index contributed by atoms with van der Waals surface area (Å²) in [5.41, 5.74) is 0. The molecule has 4 heteroatoms. The summed E-state index contributed by atoms with van der Waals surface area (Å²) in [6, 6.07) is 3.71. The fourth-order valence-corrected chi connectivity index (χ4v) is 1.24. The number of rotatable bonds is 4. The Hall–Kier alpha value is -0.640. The predicted octanol–water partition coefficient (Wildman–Crippen LogP) is 3.00. The molecule has 13 heavy (non-hydrogen) atoms. The molecule has 0 saturated carbocycles. The second-order valence-electron chi connectivity index (χ2n) is 2.86. The third kappa shape index (κ3) is 4.22. The number of nitrogens with zero attached hydrogens (tertiary/aromatic N) is 1. The molecule has 1 N–H and O–H groups in total. The molecule has 0 aliphatic rings. The normalized spacial score (nSPS) is 12.5. The molecule has 1 atom stereocenters. The lowest BCUT2D eigenvalue weighted by atomic mass is 10.3. The van der Waals surface area contributed by atoms with Crippen LogP contribution in [0.5, 0.6) is 0 Å². The van der Waals surface area contributed by atoms with E-state index in [2.05, 4.69) is 26.2 Å². The van der Waals surface area contributed by atoms with Crippen molar-refractivity contribution in [3.8, 4) is 0 Å². The lowest BCUT2D eigenvalue weighted by Gasteiger charge is -2.05. The number of hydrogen-bond donors (Lipinski definition) is 1. The summed E-state index contributed by atoms with van der Waals surface area (Å²) in [5, 5.41) is 3.04. The molecule has 72 valence electrons. The molecule has 0 amide bonds. The Morgan fingerprint density at radius 2 is 2.46 bits per heavy atom. The van der Waals surface area contributed by atoms with E-state index in [0.29, 0.717) is 13.0 Å². The zero-order valence-electron chi connectivity index (χ0n) is 7.43. The van der Waals surface area contributed by atoms with Crippen LogP contribution in [-0.4, -0.2) is 17.7 Å². The van der Waals surface area contributed by atoms with Gasteiger partial charge in [0.05, 0.1) is 6.17 Å². The fraction of sp³-hybridized carbons (Fsp3) is 0.444. The Balaban J connectivity index is 2.37. The van der Waals surface area contributed by atoms with Gasteiger partial charge < -0.3 is 5.32 Å². The van der Waals surface area contributed by atoms with Crippen molar-refractivity contribution < 1.29 is 4.39 Å². The third-order valence-electron chi connectivity index (χ3n) is 1.57. The summed E-state index contributed by atoms with van der Waals surface area (Å²) in [4.78, 5) is 4.07. The van der Waals surface area contributed by atoms with E-state index in [4.69, 9.17) is 0 Å². The summed E-state index contributed by atoms with van der Waals surface area (Å²) in [5.74, 6) is 0.773. The topological polar surface area (TPSA) is 24.9 Å². The van der Waals surface area contributed by atoms with E-state index in [0.717, 1.165) is 10.3 Å². The molecule has 0 aliphatic heterocycles. The first kappa shape index (κ1) is 10.4. The average Bonchev–Trinajstić information content (AvgIpc) is 2.03. The quantitative estimate of drug-likeness (QED) is 0.884. The van der Waals surface area contributed by atoms with Crippen LogP contribution < -0.4 is 5.32 Å². The second kappa shape index (κ2) is 5.17. The van der Waals surface area contributed by atoms with Gasteiger partial charge in [0, 0.05) is 17.2 Å². The van der Waals surface area contributed by atoms with Gasteiger partial charge in [0.15, 0.2) is 0 Å². The Morgan fingerprint density at radius 3 is 3.08 bits per heavy atom. The highest BCUT2D eigenvalue weighted by Gasteiger charge is 1.98. The number of alkyl halides is 1. The largest absolute Gasteiger partial charge is 0.370 e. The molecular formula is C9H12BrFN2. The van der Waals surface area contributed by atoms with Crippen molar-refractivity contribution >= 4 is 21.7 Å². The van der Waals surface area contributed by atoms with E-state index in [-0.39, 0.29) is 0 Å².